The first-order chi connectivity index (χ1) is 7.22. The minimum absolute atomic E-state index is 1.10. The summed E-state index contributed by atoms with van der Waals surface area (Å²) in [4.78, 5) is 4.29. The van der Waals surface area contributed by atoms with Crippen LogP contribution in [0.1, 0.15) is 32.8 Å². The third-order valence-electron chi connectivity index (χ3n) is 2.93. The van der Waals surface area contributed by atoms with Crippen LogP contribution >= 0.6 is 11.3 Å². The van der Waals surface area contributed by atoms with Crippen LogP contribution in [0, 0.1) is 0 Å². The van der Waals surface area contributed by atoms with Crippen molar-refractivity contribution in [1.29, 1.82) is 0 Å². The summed E-state index contributed by atoms with van der Waals surface area (Å²) < 4.78 is 1.27. The average molecular weight is 217 g/mol. The van der Waals surface area contributed by atoms with Gasteiger partial charge in [0.2, 0.25) is 0 Å². The highest BCUT2D eigenvalue weighted by molar-refractivity contribution is 7.16. The first-order valence-electron chi connectivity index (χ1n) is 5.22. The molecule has 0 saturated heterocycles. The van der Waals surface area contributed by atoms with Crippen molar-refractivity contribution in [1.82, 2.24) is 4.98 Å². The van der Waals surface area contributed by atoms with Crippen molar-refractivity contribution in [3.8, 4) is 0 Å². The summed E-state index contributed by atoms with van der Waals surface area (Å²) in [6, 6.07) is 6.51. The lowest BCUT2D eigenvalue weighted by Crippen LogP contribution is -1.84. The van der Waals surface area contributed by atoms with Crippen molar-refractivity contribution >= 4 is 27.1 Å². The fourth-order valence-corrected chi connectivity index (χ4v) is 2.32. The van der Waals surface area contributed by atoms with Crippen molar-refractivity contribution in [3.05, 3.63) is 34.8 Å². The van der Waals surface area contributed by atoms with E-state index in [1.54, 1.807) is 11.3 Å². The van der Waals surface area contributed by atoms with Crippen LogP contribution in [-0.4, -0.2) is 4.98 Å². The summed E-state index contributed by atoms with van der Waals surface area (Å²) in [5, 5.41) is 0. The minimum atomic E-state index is 1.10. The van der Waals surface area contributed by atoms with Gasteiger partial charge in [-0.1, -0.05) is 18.6 Å². The summed E-state index contributed by atoms with van der Waals surface area (Å²) >= 11 is 1.70. The summed E-state index contributed by atoms with van der Waals surface area (Å²) in [6.07, 6.45) is 1.12. The van der Waals surface area contributed by atoms with Crippen molar-refractivity contribution in [2.24, 2.45) is 0 Å². The number of rotatable bonds is 2. The predicted molar refractivity (Wildman–Crippen MR) is 68.2 cm³/mol. The van der Waals surface area contributed by atoms with Gasteiger partial charge in [0.25, 0.3) is 0 Å². The summed E-state index contributed by atoms with van der Waals surface area (Å²) in [6.45, 7) is 6.59. The molecule has 0 bridgehead atoms. The SMILES string of the molecule is CC/C(C)=C(/C)c1ccc2ncsc2c1. The van der Waals surface area contributed by atoms with Crippen LogP contribution in [-0.2, 0) is 0 Å². The van der Waals surface area contributed by atoms with Crippen LogP contribution in [0.15, 0.2) is 29.3 Å². The molecule has 1 heterocycles. The Morgan fingerprint density at radius 3 is 2.87 bits per heavy atom. The number of benzene rings is 1. The molecule has 2 rings (SSSR count). The van der Waals surface area contributed by atoms with Gasteiger partial charge in [-0.05, 0) is 43.5 Å². The number of thiazole rings is 1. The Balaban J connectivity index is 2.53. The van der Waals surface area contributed by atoms with Crippen LogP contribution < -0.4 is 0 Å². The lowest BCUT2D eigenvalue weighted by atomic mass is 10.0. The number of hydrogen-bond acceptors (Lipinski definition) is 2. The van der Waals surface area contributed by atoms with Crippen LogP contribution in [0.4, 0.5) is 0 Å². The molecular formula is C13H15NS. The number of allylic oxidation sites excluding steroid dienone is 2. The third kappa shape index (κ3) is 1.95. The maximum absolute atomic E-state index is 4.29. The highest BCUT2D eigenvalue weighted by Gasteiger charge is 2.02. The van der Waals surface area contributed by atoms with Gasteiger partial charge in [-0.3, -0.25) is 0 Å². The number of hydrogen-bond donors (Lipinski definition) is 0. The molecule has 0 amide bonds. The van der Waals surface area contributed by atoms with E-state index in [0.29, 0.717) is 0 Å². The van der Waals surface area contributed by atoms with Crippen LogP contribution in [0.2, 0.25) is 0 Å². The topological polar surface area (TPSA) is 12.9 Å². The van der Waals surface area contributed by atoms with E-state index in [-0.39, 0.29) is 0 Å². The lowest BCUT2D eigenvalue weighted by molar-refractivity contribution is 1.10. The molecule has 0 aliphatic heterocycles. The molecule has 0 N–H and O–H groups in total. The van der Waals surface area contributed by atoms with Gasteiger partial charge < -0.3 is 0 Å². The molecule has 1 aromatic carbocycles. The lowest BCUT2D eigenvalue weighted by Gasteiger charge is -2.05. The Labute approximate surface area is 94.5 Å². The van der Waals surface area contributed by atoms with Crippen molar-refractivity contribution in [3.63, 3.8) is 0 Å². The maximum atomic E-state index is 4.29. The highest BCUT2D eigenvalue weighted by Crippen LogP contribution is 2.25. The Morgan fingerprint density at radius 1 is 1.33 bits per heavy atom. The summed E-state index contributed by atoms with van der Waals surface area (Å²) in [5.74, 6) is 0. The van der Waals surface area contributed by atoms with Gasteiger partial charge in [-0.15, -0.1) is 11.3 Å². The van der Waals surface area contributed by atoms with Crippen LogP contribution in [0.25, 0.3) is 15.8 Å². The van der Waals surface area contributed by atoms with Gasteiger partial charge in [-0.2, -0.15) is 0 Å². The fraction of sp³-hybridized carbons (Fsp3) is 0.308. The van der Waals surface area contributed by atoms with Gasteiger partial charge in [0.15, 0.2) is 0 Å². The molecule has 0 saturated carbocycles. The largest absolute Gasteiger partial charge is 0.245 e. The molecule has 1 nitrogen and oxygen atoms in total. The van der Waals surface area contributed by atoms with Crippen LogP contribution in [0.5, 0.6) is 0 Å². The molecular weight excluding hydrogens is 202 g/mol. The molecule has 1 aromatic heterocycles. The van der Waals surface area contributed by atoms with E-state index in [1.807, 2.05) is 5.51 Å². The highest BCUT2D eigenvalue weighted by atomic mass is 32.1. The standard InChI is InChI=1S/C13H15NS/c1-4-9(2)10(3)11-5-6-12-13(7-11)15-8-14-12/h5-8H,4H2,1-3H3/b10-9-. The van der Waals surface area contributed by atoms with E-state index >= 15 is 0 Å². The van der Waals surface area contributed by atoms with Gasteiger partial charge >= 0.3 is 0 Å². The molecule has 0 spiro atoms. The first-order valence-corrected chi connectivity index (χ1v) is 6.10. The Morgan fingerprint density at radius 2 is 2.13 bits per heavy atom. The van der Waals surface area contributed by atoms with Crippen molar-refractivity contribution in [2.75, 3.05) is 0 Å². The molecule has 2 heteroatoms. The predicted octanol–water partition coefficient (Wildman–Crippen LogP) is 4.50. The van der Waals surface area contributed by atoms with Gasteiger partial charge in [-0.25, -0.2) is 4.98 Å². The fourth-order valence-electron chi connectivity index (χ4n) is 1.60. The first kappa shape index (κ1) is 10.4. The molecule has 0 aliphatic rings. The summed E-state index contributed by atoms with van der Waals surface area (Å²) in [5.41, 5.74) is 7.18. The van der Waals surface area contributed by atoms with E-state index in [2.05, 4.69) is 44.0 Å². The molecule has 0 aliphatic carbocycles. The third-order valence-corrected chi connectivity index (χ3v) is 3.73. The number of nitrogens with zero attached hydrogens (tertiary/aromatic N) is 1. The van der Waals surface area contributed by atoms with Crippen LogP contribution in [0.3, 0.4) is 0 Å². The minimum Gasteiger partial charge on any atom is -0.245 e. The zero-order valence-electron chi connectivity index (χ0n) is 9.37. The normalized spacial score (nSPS) is 13.0. The number of aromatic nitrogens is 1. The molecule has 78 valence electrons. The molecule has 0 atom stereocenters. The van der Waals surface area contributed by atoms with E-state index < -0.39 is 0 Å². The monoisotopic (exact) mass is 217 g/mol. The zero-order chi connectivity index (χ0) is 10.8. The van der Waals surface area contributed by atoms with Gasteiger partial charge in [0.1, 0.15) is 0 Å². The zero-order valence-corrected chi connectivity index (χ0v) is 10.2. The van der Waals surface area contributed by atoms with Gasteiger partial charge in [0, 0.05) is 0 Å². The average Bonchev–Trinajstić information content (AvgIpc) is 2.73. The second kappa shape index (κ2) is 4.15. The molecule has 0 radical (unpaired) electrons. The van der Waals surface area contributed by atoms with E-state index in [0.717, 1.165) is 11.9 Å². The van der Waals surface area contributed by atoms with E-state index in [4.69, 9.17) is 0 Å². The maximum Gasteiger partial charge on any atom is 0.0812 e. The second-order valence-electron chi connectivity index (χ2n) is 3.79. The molecule has 0 fully saturated rings. The molecule has 2 aromatic rings. The van der Waals surface area contributed by atoms with E-state index in [1.165, 1.54) is 21.4 Å². The molecule has 15 heavy (non-hydrogen) atoms. The Kier molecular flexibility index (Phi) is 2.87. The Bertz CT molecular complexity index is 508. The Hall–Kier alpha value is -1.15. The number of fused-ring (bicyclic) bond motifs is 1. The second-order valence-corrected chi connectivity index (χ2v) is 4.68. The summed E-state index contributed by atoms with van der Waals surface area (Å²) in [7, 11) is 0. The van der Waals surface area contributed by atoms with Crippen molar-refractivity contribution < 1.29 is 0 Å². The quantitative estimate of drug-likeness (QED) is 0.721. The molecule has 0 unspecified atom stereocenters. The van der Waals surface area contributed by atoms with E-state index in [9.17, 15) is 0 Å². The van der Waals surface area contributed by atoms with Gasteiger partial charge in [0.05, 0.1) is 15.7 Å². The smallest absolute Gasteiger partial charge is 0.0812 e. The van der Waals surface area contributed by atoms with Crippen molar-refractivity contribution in [2.45, 2.75) is 27.2 Å².